The fourth-order valence-electron chi connectivity index (χ4n) is 5.22. The van der Waals surface area contributed by atoms with Gasteiger partial charge in [0.1, 0.15) is 12.1 Å². The molecule has 2 fully saturated rings. The van der Waals surface area contributed by atoms with Crippen LogP contribution in [-0.2, 0) is 6.54 Å². The Kier molecular flexibility index (Phi) is 7.76. The first kappa shape index (κ1) is 25.0. The van der Waals surface area contributed by atoms with Gasteiger partial charge in [-0.2, -0.15) is 0 Å². The minimum absolute atomic E-state index is 0. The lowest BCUT2D eigenvalue weighted by Gasteiger charge is -2.47. The second-order valence-corrected chi connectivity index (χ2v) is 10.4. The molecule has 0 radical (unpaired) electrons. The average Bonchev–Trinajstić information content (AvgIpc) is 3.39. The van der Waals surface area contributed by atoms with Gasteiger partial charge in [0.15, 0.2) is 5.82 Å². The van der Waals surface area contributed by atoms with E-state index in [1.54, 1.807) is 18.3 Å². The Morgan fingerprint density at radius 3 is 2.58 bits per heavy atom. The Morgan fingerprint density at radius 1 is 1.14 bits per heavy atom. The van der Waals surface area contributed by atoms with Gasteiger partial charge in [0.2, 0.25) is 0 Å². The molecule has 3 aromatic rings. The molecule has 0 aliphatic carbocycles. The summed E-state index contributed by atoms with van der Waals surface area (Å²) in [6.45, 7) is 8.13. The van der Waals surface area contributed by atoms with Gasteiger partial charge in [-0.15, -0.1) is 0 Å². The fourth-order valence-corrected chi connectivity index (χ4v) is 5.63. The van der Waals surface area contributed by atoms with Gasteiger partial charge in [-0.25, -0.2) is 4.98 Å². The highest BCUT2D eigenvalue weighted by molar-refractivity contribution is 6.33. The van der Waals surface area contributed by atoms with Crippen LogP contribution in [0.2, 0.25) is 10.0 Å². The minimum atomic E-state index is -0.328. The Bertz CT molecular complexity index is 1170. The van der Waals surface area contributed by atoms with Crippen molar-refractivity contribution in [2.45, 2.75) is 38.4 Å². The van der Waals surface area contributed by atoms with Crippen molar-refractivity contribution in [1.82, 2.24) is 19.9 Å². The number of rotatable bonds is 6. The Balaban J connectivity index is 0.00000320. The molecule has 2 aliphatic heterocycles. The first-order chi connectivity index (χ1) is 17.5. The van der Waals surface area contributed by atoms with Gasteiger partial charge in [-0.1, -0.05) is 40.5 Å². The first-order valence-corrected chi connectivity index (χ1v) is 13.1. The lowest BCUT2D eigenvalue weighted by atomic mass is 9.99. The molecule has 0 spiro atoms. The van der Waals surface area contributed by atoms with Gasteiger partial charge in [0.25, 0.3) is 5.91 Å². The molecule has 10 heteroatoms. The van der Waals surface area contributed by atoms with Gasteiger partial charge in [0, 0.05) is 57.0 Å². The van der Waals surface area contributed by atoms with E-state index < -0.39 is 0 Å². The molecule has 2 aliphatic rings. The Morgan fingerprint density at radius 2 is 1.92 bits per heavy atom. The zero-order chi connectivity index (χ0) is 25.1. The second kappa shape index (κ2) is 11.2. The number of carbonyl (C=O) groups is 1. The molecule has 1 amide bonds. The lowest BCUT2D eigenvalue weighted by molar-refractivity contribution is 0.0690. The molecule has 36 heavy (non-hydrogen) atoms. The minimum Gasteiger partial charge on any atom is -0.363 e. The summed E-state index contributed by atoms with van der Waals surface area (Å²) in [5, 5.41) is 7.61. The fraction of sp³-hybridized carbons (Fsp3) is 0.423. The summed E-state index contributed by atoms with van der Waals surface area (Å²) in [4.78, 5) is 24.4. The number of hydrogen-bond donors (Lipinski definition) is 1. The van der Waals surface area contributed by atoms with Crippen LogP contribution in [0.5, 0.6) is 0 Å². The predicted octanol–water partition coefficient (Wildman–Crippen LogP) is 5.05. The largest absolute Gasteiger partial charge is 0.363 e. The van der Waals surface area contributed by atoms with Gasteiger partial charge >= 0.3 is 0 Å². The van der Waals surface area contributed by atoms with Crippen LogP contribution in [0.4, 0.5) is 11.6 Å². The van der Waals surface area contributed by atoms with Gasteiger partial charge < -0.3 is 14.7 Å². The molecule has 8 nitrogen and oxygen atoms in total. The van der Waals surface area contributed by atoms with Crippen LogP contribution in [0.25, 0.3) is 0 Å². The maximum absolute atomic E-state index is 12.4. The first-order valence-electron chi connectivity index (χ1n) is 12.3. The summed E-state index contributed by atoms with van der Waals surface area (Å²) in [5.41, 5.74) is 1.69. The van der Waals surface area contributed by atoms with Crippen LogP contribution in [0.1, 0.15) is 37.1 Å². The standard InChI is InChI=1S/C26H30Cl2N6O2.H2/c1-18-16-33(25-23(28)14-20(15-29-25)26(35)30-24-8-13-36-31-24)11-12-34(18)22-6-9-32(10-7-22)17-19-2-4-21(27)5-3-19;/h2-5,8,13-15,18,22H,6-7,9-12,16-17H2,1H3,(H,30,31,35);1H/t18-;/m0./s1. The summed E-state index contributed by atoms with van der Waals surface area (Å²) in [6.07, 6.45) is 5.30. The highest BCUT2D eigenvalue weighted by Crippen LogP contribution is 2.29. The van der Waals surface area contributed by atoms with E-state index in [1.165, 1.54) is 24.7 Å². The Hall–Kier alpha value is -2.65. The van der Waals surface area contributed by atoms with Crippen molar-refractivity contribution >= 4 is 40.7 Å². The van der Waals surface area contributed by atoms with Crippen molar-refractivity contribution in [2.24, 2.45) is 0 Å². The summed E-state index contributed by atoms with van der Waals surface area (Å²) >= 11 is 12.6. The molecule has 192 valence electrons. The smallest absolute Gasteiger partial charge is 0.258 e. The third kappa shape index (κ3) is 5.83. The third-order valence-electron chi connectivity index (χ3n) is 7.09. The number of pyridine rings is 1. The summed E-state index contributed by atoms with van der Waals surface area (Å²) in [6, 6.07) is 12.4. The van der Waals surface area contributed by atoms with Crippen molar-refractivity contribution in [1.29, 1.82) is 0 Å². The third-order valence-corrected chi connectivity index (χ3v) is 7.62. The van der Waals surface area contributed by atoms with Crippen LogP contribution in [0.3, 0.4) is 0 Å². The van der Waals surface area contributed by atoms with Crippen LogP contribution >= 0.6 is 23.2 Å². The highest BCUT2D eigenvalue weighted by atomic mass is 35.5. The number of nitrogens with one attached hydrogen (secondary N) is 1. The van der Waals surface area contributed by atoms with E-state index in [0.717, 1.165) is 50.1 Å². The number of halogens is 2. The molecular formula is C26H32Cl2N6O2. The molecular weight excluding hydrogens is 499 g/mol. The van der Waals surface area contributed by atoms with Crippen molar-refractivity contribution in [3.05, 3.63) is 70.0 Å². The number of benzene rings is 1. The number of piperidine rings is 1. The van der Waals surface area contributed by atoms with Gasteiger partial charge in [-0.05, 0) is 56.6 Å². The molecule has 0 saturated carbocycles. The van der Waals surface area contributed by atoms with E-state index in [1.807, 2.05) is 12.1 Å². The molecule has 5 rings (SSSR count). The normalized spacial score (nSPS) is 20.0. The van der Waals surface area contributed by atoms with Crippen LogP contribution in [0, 0.1) is 0 Å². The quantitative estimate of drug-likeness (QED) is 0.477. The summed E-state index contributed by atoms with van der Waals surface area (Å²) in [5.74, 6) is 0.741. The van der Waals surface area contributed by atoms with Crippen molar-refractivity contribution in [3.8, 4) is 0 Å². The average molecular weight is 531 g/mol. The number of amides is 1. The van der Waals surface area contributed by atoms with Crippen molar-refractivity contribution in [2.75, 3.05) is 42.9 Å². The van der Waals surface area contributed by atoms with E-state index in [2.05, 4.69) is 49.2 Å². The van der Waals surface area contributed by atoms with Crippen molar-refractivity contribution < 1.29 is 10.7 Å². The number of aromatic nitrogens is 2. The number of piperazine rings is 1. The van der Waals surface area contributed by atoms with E-state index in [4.69, 9.17) is 27.7 Å². The van der Waals surface area contributed by atoms with E-state index in [9.17, 15) is 4.79 Å². The van der Waals surface area contributed by atoms with E-state index >= 15 is 0 Å². The number of anilines is 2. The number of nitrogens with zero attached hydrogens (tertiary/aromatic N) is 5. The monoisotopic (exact) mass is 530 g/mol. The van der Waals surface area contributed by atoms with Crippen LogP contribution in [-0.4, -0.2) is 70.7 Å². The maximum Gasteiger partial charge on any atom is 0.258 e. The number of hydrogen-bond acceptors (Lipinski definition) is 7. The zero-order valence-corrected chi connectivity index (χ0v) is 21.8. The van der Waals surface area contributed by atoms with Crippen LogP contribution in [0.15, 0.2) is 53.4 Å². The molecule has 1 N–H and O–H groups in total. The molecule has 4 heterocycles. The lowest BCUT2D eigenvalue weighted by Crippen LogP contribution is -2.57. The SMILES string of the molecule is C[C@H]1CN(c2ncc(C(=O)Nc3ccon3)cc2Cl)CCN1C1CCN(Cc2ccc(Cl)cc2)CC1.[HH]. The molecule has 1 atom stereocenters. The summed E-state index contributed by atoms with van der Waals surface area (Å²) < 4.78 is 4.75. The predicted molar refractivity (Wildman–Crippen MR) is 144 cm³/mol. The molecule has 0 bridgehead atoms. The number of likely N-dealkylation sites (tertiary alicyclic amines) is 1. The molecule has 0 unspecified atom stereocenters. The van der Waals surface area contributed by atoms with E-state index in [0.29, 0.717) is 28.5 Å². The highest BCUT2D eigenvalue weighted by Gasteiger charge is 2.32. The maximum atomic E-state index is 12.4. The topological polar surface area (TPSA) is 77.7 Å². The van der Waals surface area contributed by atoms with E-state index in [-0.39, 0.29) is 7.33 Å². The Labute approximate surface area is 222 Å². The van der Waals surface area contributed by atoms with Gasteiger partial charge in [-0.3, -0.25) is 14.6 Å². The molecule has 2 aromatic heterocycles. The number of carbonyl (C=O) groups excluding carboxylic acids is 1. The van der Waals surface area contributed by atoms with Crippen molar-refractivity contribution in [3.63, 3.8) is 0 Å². The molecule has 1 aromatic carbocycles. The zero-order valence-electron chi connectivity index (χ0n) is 20.2. The second-order valence-electron chi connectivity index (χ2n) is 9.53. The van der Waals surface area contributed by atoms with Gasteiger partial charge in [0.05, 0.1) is 10.6 Å². The summed E-state index contributed by atoms with van der Waals surface area (Å²) in [7, 11) is 0. The van der Waals surface area contributed by atoms with Crippen LogP contribution < -0.4 is 10.2 Å². The molecule has 2 saturated heterocycles.